The lowest BCUT2D eigenvalue weighted by atomic mass is 9.95. The van der Waals surface area contributed by atoms with Crippen molar-refractivity contribution < 1.29 is 22.7 Å². The number of nitrogens with zero attached hydrogens (tertiary/aromatic N) is 4. The number of amides is 1. The van der Waals surface area contributed by atoms with Crippen molar-refractivity contribution in [3.63, 3.8) is 0 Å². The molecule has 0 unspecified atom stereocenters. The van der Waals surface area contributed by atoms with E-state index in [1.54, 1.807) is 0 Å². The third-order valence-corrected chi connectivity index (χ3v) is 6.74. The van der Waals surface area contributed by atoms with Crippen LogP contribution < -0.4 is 0 Å². The van der Waals surface area contributed by atoms with E-state index in [2.05, 4.69) is 15.2 Å². The molecule has 1 N–H and O–H groups in total. The lowest BCUT2D eigenvalue weighted by molar-refractivity contribution is -0.137. The molecule has 0 atom stereocenters. The highest BCUT2D eigenvalue weighted by atomic mass is 19.4. The van der Waals surface area contributed by atoms with Crippen molar-refractivity contribution in [1.82, 2.24) is 24.6 Å². The molecule has 3 aromatic rings. The maximum Gasteiger partial charge on any atom is 0.416 e. The smallest absolute Gasteiger partial charge is 0.377 e. The Morgan fingerprint density at radius 3 is 2.70 bits per heavy atom. The van der Waals surface area contributed by atoms with Crippen LogP contribution in [0.5, 0.6) is 0 Å². The molecular weight excluding hydrogens is 435 g/mol. The van der Waals surface area contributed by atoms with Crippen LogP contribution in [0.1, 0.15) is 64.9 Å². The van der Waals surface area contributed by atoms with Gasteiger partial charge >= 0.3 is 6.18 Å². The largest absolute Gasteiger partial charge is 0.416 e. The van der Waals surface area contributed by atoms with Crippen LogP contribution in [0.15, 0.2) is 18.2 Å². The molecule has 1 amide bonds. The number of carbonyl (C=O) groups excluding carboxylic acids is 1. The van der Waals surface area contributed by atoms with E-state index in [9.17, 15) is 18.0 Å². The molecule has 33 heavy (non-hydrogen) atoms. The molecule has 0 radical (unpaired) electrons. The van der Waals surface area contributed by atoms with Gasteiger partial charge in [-0.3, -0.25) is 9.89 Å². The minimum absolute atomic E-state index is 0.0223. The molecule has 1 aliphatic carbocycles. The Morgan fingerprint density at radius 2 is 1.97 bits per heavy atom. The summed E-state index contributed by atoms with van der Waals surface area (Å²) in [5, 5.41) is 7.34. The predicted molar refractivity (Wildman–Crippen MR) is 115 cm³/mol. The second kappa shape index (κ2) is 8.48. The first-order valence-corrected chi connectivity index (χ1v) is 11.3. The Morgan fingerprint density at radius 1 is 1.21 bits per heavy atom. The maximum atomic E-state index is 13.2. The van der Waals surface area contributed by atoms with Crippen LogP contribution in [0.25, 0.3) is 11.0 Å². The van der Waals surface area contributed by atoms with Gasteiger partial charge in [0.1, 0.15) is 12.4 Å². The molecule has 1 saturated heterocycles. The van der Waals surface area contributed by atoms with E-state index in [-0.39, 0.29) is 18.6 Å². The van der Waals surface area contributed by atoms with E-state index in [0.717, 1.165) is 49.1 Å². The van der Waals surface area contributed by atoms with Gasteiger partial charge in [-0.25, -0.2) is 4.98 Å². The standard InChI is InChI=1S/C23H26F3N5O2/c1-33-13-20-27-18-12-14(23(24,25)26)6-7-19(18)31(20)15-8-10-30(11-9-15)22(32)21-16-4-2-3-5-17(16)28-29-21/h6-7,12,15H,2-5,8-11,13H2,1H3,(H,28,29). The van der Waals surface area contributed by atoms with E-state index in [1.807, 2.05) is 9.47 Å². The zero-order valence-electron chi connectivity index (χ0n) is 18.4. The molecule has 0 bridgehead atoms. The van der Waals surface area contributed by atoms with Crippen molar-refractivity contribution in [3.8, 4) is 0 Å². The Balaban J connectivity index is 1.37. The lowest BCUT2D eigenvalue weighted by Gasteiger charge is -2.33. The number of imidazole rings is 1. The van der Waals surface area contributed by atoms with Gasteiger partial charge in [-0.05, 0) is 56.7 Å². The summed E-state index contributed by atoms with van der Waals surface area (Å²) in [6.45, 7) is 1.31. The van der Waals surface area contributed by atoms with E-state index in [1.165, 1.54) is 13.2 Å². The van der Waals surface area contributed by atoms with Gasteiger partial charge in [0, 0.05) is 37.5 Å². The van der Waals surface area contributed by atoms with Gasteiger partial charge in [0.2, 0.25) is 0 Å². The number of nitrogens with one attached hydrogen (secondary N) is 1. The van der Waals surface area contributed by atoms with Crippen molar-refractivity contribution >= 4 is 16.9 Å². The van der Waals surface area contributed by atoms with Gasteiger partial charge in [-0.2, -0.15) is 18.3 Å². The minimum atomic E-state index is -4.42. The Kier molecular flexibility index (Phi) is 5.64. The first-order chi connectivity index (χ1) is 15.9. The molecule has 1 aliphatic heterocycles. The number of likely N-dealkylation sites (tertiary alicyclic amines) is 1. The Labute approximate surface area is 188 Å². The molecule has 3 heterocycles. The average molecular weight is 461 g/mol. The summed E-state index contributed by atoms with van der Waals surface area (Å²) < 4.78 is 46.7. The molecule has 1 fully saturated rings. The highest BCUT2D eigenvalue weighted by molar-refractivity contribution is 5.94. The van der Waals surface area contributed by atoms with Crippen molar-refractivity contribution in [3.05, 3.63) is 46.5 Å². The Hall–Kier alpha value is -2.88. The fourth-order valence-electron chi connectivity index (χ4n) is 5.10. The molecular formula is C23H26F3N5O2. The number of carbonyl (C=O) groups is 1. The molecule has 2 aliphatic rings. The molecule has 7 nitrogen and oxygen atoms in total. The van der Waals surface area contributed by atoms with Crippen LogP contribution in [0.2, 0.25) is 0 Å². The lowest BCUT2D eigenvalue weighted by Crippen LogP contribution is -2.40. The molecule has 5 rings (SSSR count). The van der Waals surface area contributed by atoms with Gasteiger partial charge < -0.3 is 14.2 Å². The second-order valence-electron chi connectivity index (χ2n) is 8.79. The third kappa shape index (κ3) is 4.01. The molecule has 10 heteroatoms. The Bertz CT molecular complexity index is 1170. The molecule has 0 spiro atoms. The van der Waals surface area contributed by atoms with Crippen molar-refractivity contribution in [2.24, 2.45) is 0 Å². The summed E-state index contributed by atoms with van der Waals surface area (Å²) in [5.41, 5.74) is 2.91. The number of aryl methyl sites for hydroxylation is 1. The van der Waals surface area contributed by atoms with Crippen LogP contribution in [0.4, 0.5) is 13.2 Å². The SMILES string of the molecule is COCc1nc2cc(C(F)(F)F)ccc2n1C1CCN(C(=O)c2n[nH]c3c2CCCC3)CC1. The van der Waals surface area contributed by atoms with Crippen LogP contribution in [0, 0.1) is 0 Å². The number of aromatic nitrogens is 4. The first kappa shape index (κ1) is 21.9. The number of hydrogen-bond donors (Lipinski definition) is 1. The van der Waals surface area contributed by atoms with E-state index < -0.39 is 11.7 Å². The number of methoxy groups -OCH3 is 1. The van der Waals surface area contributed by atoms with Gasteiger partial charge in [-0.15, -0.1) is 0 Å². The summed E-state index contributed by atoms with van der Waals surface area (Å²) in [4.78, 5) is 19.4. The third-order valence-electron chi connectivity index (χ3n) is 6.74. The zero-order valence-corrected chi connectivity index (χ0v) is 18.4. The monoisotopic (exact) mass is 461 g/mol. The van der Waals surface area contributed by atoms with Crippen LogP contribution in [-0.2, 0) is 30.4 Å². The summed E-state index contributed by atoms with van der Waals surface area (Å²) >= 11 is 0. The number of aromatic amines is 1. The maximum absolute atomic E-state index is 13.2. The van der Waals surface area contributed by atoms with Crippen molar-refractivity contribution in [2.75, 3.05) is 20.2 Å². The fraction of sp³-hybridized carbons (Fsp3) is 0.522. The number of halogens is 3. The number of fused-ring (bicyclic) bond motifs is 2. The van der Waals surface area contributed by atoms with Crippen LogP contribution >= 0.6 is 0 Å². The average Bonchev–Trinajstić information content (AvgIpc) is 3.39. The predicted octanol–water partition coefficient (Wildman–Crippen LogP) is 4.28. The number of alkyl halides is 3. The van der Waals surface area contributed by atoms with Crippen LogP contribution in [-0.4, -0.2) is 50.8 Å². The number of ether oxygens (including phenoxy) is 1. The quantitative estimate of drug-likeness (QED) is 0.629. The van der Waals surface area contributed by atoms with E-state index >= 15 is 0 Å². The highest BCUT2D eigenvalue weighted by Gasteiger charge is 2.33. The van der Waals surface area contributed by atoms with Crippen molar-refractivity contribution in [2.45, 2.75) is 57.3 Å². The number of rotatable bonds is 4. The normalized spacial score (nSPS) is 17.5. The van der Waals surface area contributed by atoms with Gasteiger partial charge in [0.25, 0.3) is 5.91 Å². The zero-order chi connectivity index (χ0) is 23.2. The van der Waals surface area contributed by atoms with E-state index in [4.69, 9.17) is 4.74 Å². The minimum Gasteiger partial charge on any atom is -0.377 e. The summed E-state index contributed by atoms with van der Waals surface area (Å²) in [6.07, 6.45) is 0.941. The molecule has 1 aromatic carbocycles. The number of H-pyrrole nitrogens is 1. The topological polar surface area (TPSA) is 76.0 Å². The fourth-order valence-corrected chi connectivity index (χ4v) is 5.10. The van der Waals surface area contributed by atoms with E-state index in [0.29, 0.717) is 48.5 Å². The van der Waals surface area contributed by atoms with Gasteiger partial charge in [0.05, 0.1) is 16.6 Å². The summed E-state index contributed by atoms with van der Waals surface area (Å²) in [5.74, 6) is 0.549. The number of benzene rings is 1. The first-order valence-electron chi connectivity index (χ1n) is 11.3. The van der Waals surface area contributed by atoms with Gasteiger partial charge in [-0.1, -0.05) is 0 Å². The molecule has 2 aromatic heterocycles. The number of piperidine rings is 1. The molecule has 0 saturated carbocycles. The van der Waals surface area contributed by atoms with Gasteiger partial charge in [0.15, 0.2) is 5.69 Å². The summed E-state index contributed by atoms with van der Waals surface area (Å²) in [6, 6.07) is 3.69. The highest BCUT2D eigenvalue weighted by Crippen LogP contribution is 2.34. The summed E-state index contributed by atoms with van der Waals surface area (Å²) in [7, 11) is 1.54. The second-order valence-corrected chi connectivity index (χ2v) is 8.79. The number of hydrogen-bond acceptors (Lipinski definition) is 4. The molecule has 176 valence electrons. The van der Waals surface area contributed by atoms with Crippen LogP contribution in [0.3, 0.4) is 0 Å². The van der Waals surface area contributed by atoms with Crippen molar-refractivity contribution in [1.29, 1.82) is 0 Å².